The van der Waals surface area contributed by atoms with Gasteiger partial charge in [-0.15, -0.1) is 20.4 Å². The van der Waals surface area contributed by atoms with E-state index in [-0.39, 0.29) is 11.6 Å². The predicted octanol–water partition coefficient (Wildman–Crippen LogP) is 9.25. The Morgan fingerprint density at radius 2 is 1.26 bits per heavy atom. The van der Waals surface area contributed by atoms with E-state index in [9.17, 15) is 18.0 Å². The number of carbonyl (C=O) groups excluding carboxylic acids is 1. The van der Waals surface area contributed by atoms with Crippen LogP contribution in [0.15, 0.2) is 66.9 Å². The number of aryl methyl sites for hydroxylation is 2. The summed E-state index contributed by atoms with van der Waals surface area (Å²) >= 11 is 12.6. The van der Waals surface area contributed by atoms with E-state index in [4.69, 9.17) is 38.4 Å². The van der Waals surface area contributed by atoms with Crippen LogP contribution >= 0.6 is 23.2 Å². The summed E-state index contributed by atoms with van der Waals surface area (Å²) in [7, 11) is 0. The van der Waals surface area contributed by atoms with E-state index in [0.717, 1.165) is 102 Å². The Balaban J connectivity index is 0.000000203. The number of nitrogen functional groups attached to an aromatic ring is 1. The molecule has 5 aromatic rings. The highest BCUT2D eigenvalue weighted by Gasteiger charge is 2.31. The van der Waals surface area contributed by atoms with Crippen LogP contribution in [0.25, 0.3) is 22.5 Å². The van der Waals surface area contributed by atoms with Gasteiger partial charge in [-0.1, -0.05) is 35.3 Å². The summed E-state index contributed by atoms with van der Waals surface area (Å²) in [6.07, 6.45) is 0.0131. The van der Waals surface area contributed by atoms with Crippen LogP contribution in [0.4, 0.5) is 24.5 Å². The Morgan fingerprint density at radius 1 is 0.741 bits per heavy atom. The molecular formula is C39H38Cl2F3N7O3. The Bertz CT molecular complexity index is 2120. The quantitative estimate of drug-likeness (QED) is 0.162. The van der Waals surface area contributed by atoms with Gasteiger partial charge < -0.3 is 20.5 Å². The summed E-state index contributed by atoms with van der Waals surface area (Å²) in [5, 5.41) is 20.2. The van der Waals surface area contributed by atoms with E-state index < -0.39 is 17.6 Å². The lowest BCUT2D eigenvalue weighted by molar-refractivity contribution is -0.137. The smallest absolute Gasteiger partial charge is 0.399 e. The van der Waals surface area contributed by atoms with Gasteiger partial charge >= 0.3 is 6.18 Å². The van der Waals surface area contributed by atoms with Crippen molar-refractivity contribution in [2.24, 2.45) is 0 Å². The summed E-state index contributed by atoms with van der Waals surface area (Å²) in [4.78, 5) is 16.3. The lowest BCUT2D eigenvalue weighted by Gasteiger charge is -2.23. The zero-order chi connectivity index (χ0) is 38.4. The van der Waals surface area contributed by atoms with Crippen molar-refractivity contribution in [3.8, 4) is 22.5 Å². The molecule has 3 aromatic heterocycles. The van der Waals surface area contributed by atoms with Gasteiger partial charge in [0.25, 0.3) is 5.91 Å². The first-order chi connectivity index (χ1) is 25.9. The number of carbonyl (C=O) groups is 1. The number of anilines is 2. The molecule has 2 aliphatic rings. The number of nitrogens with two attached hydrogens (primary N) is 1. The normalized spacial score (nSPS) is 15.3. The minimum atomic E-state index is -4.57. The number of pyridine rings is 1. The standard InChI is InChI=1S/C23H20ClF3N4O2.C16H18ClN3O/c1-13-2-3-16(29-22(32)20-10-15(4-7-28-20)23(25,26)27)11-17(13)19-12-18(21(24)31-30-19)14-5-8-33-9-6-14;1-10-2-3-12(18)8-13(10)15-9-14(16(17)20-19-15)11-4-6-21-7-5-11/h2-4,7,10-12,14H,5-6,8-9H2,1H3,(H,29,32);2-3,8-9,11H,4-7,18H2,1H3. The minimum absolute atomic E-state index is 0.218. The second kappa shape index (κ2) is 17.2. The topological polar surface area (TPSA) is 138 Å². The number of amides is 1. The first-order valence-corrected chi connectivity index (χ1v) is 18.2. The van der Waals surface area contributed by atoms with E-state index in [2.05, 4.69) is 30.7 Å². The molecule has 2 saturated heterocycles. The maximum atomic E-state index is 12.9. The van der Waals surface area contributed by atoms with Gasteiger partial charge in [0.1, 0.15) is 5.69 Å². The van der Waals surface area contributed by atoms with Crippen LogP contribution in [0.2, 0.25) is 10.3 Å². The summed E-state index contributed by atoms with van der Waals surface area (Å²) in [6.45, 7) is 6.79. The fraction of sp³-hybridized carbons (Fsp3) is 0.333. The fourth-order valence-electron chi connectivity index (χ4n) is 6.45. The molecule has 0 atom stereocenters. The van der Waals surface area contributed by atoms with Gasteiger partial charge in [-0.25, -0.2) is 0 Å². The largest absolute Gasteiger partial charge is 0.416 e. The second-order valence-electron chi connectivity index (χ2n) is 13.2. The molecule has 0 spiro atoms. The third-order valence-corrected chi connectivity index (χ3v) is 10.1. The molecule has 54 heavy (non-hydrogen) atoms. The number of ether oxygens (including phenoxy) is 2. The van der Waals surface area contributed by atoms with Gasteiger partial charge in [0, 0.05) is 55.1 Å². The average molecular weight is 781 g/mol. The molecule has 2 aromatic carbocycles. The lowest BCUT2D eigenvalue weighted by atomic mass is 9.92. The predicted molar refractivity (Wildman–Crippen MR) is 202 cm³/mol. The van der Waals surface area contributed by atoms with Gasteiger partial charge in [0.05, 0.1) is 17.0 Å². The highest BCUT2D eigenvalue weighted by Crippen LogP contribution is 2.36. The Hall–Kier alpha value is -4.69. The van der Waals surface area contributed by atoms with Crippen molar-refractivity contribution in [3.05, 3.63) is 111 Å². The molecule has 3 N–H and O–H groups in total. The second-order valence-corrected chi connectivity index (χ2v) is 13.9. The maximum Gasteiger partial charge on any atom is 0.416 e. The summed E-state index contributed by atoms with van der Waals surface area (Å²) in [5.41, 5.74) is 12.8. The molecule has 1 amide bonds. The van der Waals surface area contributed by atoms with Crippen molar-refractivity contribution < 1.29 is 27.4 Å². The van der Waals surface area contributed by atoms with Gasteiger partial charge in [0.15, 0.2) is 10.3 Å². The van der Waals surface area contributed by atoms with Crippen LogP contribution in [0.5, 0.6) is 0 Å². The van der Waals surface area contributed by atoms with Crippen molar-refractivity contribution in [2.75, 3.05) is 37.5 Å². The van der Waals surface area contributed by atoms with E-state index in [0.29, 0.717) is 40.8 Å². The highest BCUT2D eigenvalue weighted by molar-refractivity contribution is 6.30. The Morgan fingerprint density at radius 3 is 1.80 bits per heavy atom. The molecule has 0 saturated carbocycles. The minimum Gasteiger partial charge on any atom is -0.399 e. The van der Waals surface area contributed by atoms with Crippen molar-refractivity contribution in [1.82, 2.24) is 25.4 Å². The molecule has 10 nitrogen and oxygen atoms in total. The van der Waals surface area contributed by atoms with E-state index in [1.807, 2.05) is 44.2 Å². The third-order valence-electron chi connectivity index (χ3n) is 9.50. The molecule has 0 aliphatic carbocycles. The van der Waals surface area contributed by atoms with Crippen LogP contribution in [0, 0.1) is 13.8 Å². The number of nitrogens with one attached hydrogen (secondary N) is 1. The van der Waals surface area contributed by atoms with Crippen molar-refractivity contribution in [2.45, 2.75) is 57.5 Å². The number of alkyl halides is 3. The number of nitrogens with zero attached hydrogens (tertiary/aromatic N) is 5. The number of benzene rings is 2. The highest BCUT2D eigenvalue weighted by atomic mass is 35.5. The molecule has 7 rings (SSSR count). The van der Waals surface area contributed by atoms with Gasteiger partial charge in [0.2, 0.25) is 0 Å². The average Bonchev–Trinajstić information content (AvgIpc) is 3.18. The molecule has 0 unspecified atom stereocenters. The van der Waals surface area contributed by atoms with Crippen molar-refractivity contribution in [1.29, 1.82) is 0 Å². The number of rotatable bonds is 6. The Kier molecular flexibility index (Phi) is 12.4. The van der Waals surface area contributed by atoms with Crippen LogP contribution in [0.3, 0.4) is 0 Å². The number of hydrogen-bond acceptors (Lipinski definition) is 9. The lowest BCUT2D eigenvalue weighted by Crippen LogP contribution is -2.16. The molecule has 0 bridgehead atoms. The zero-order valence-electron chi connectivity index (χ0n) is 29.6. The van der Waals surface area contributed by atoms with Gasteiger partial charge in [-0.05, 0) is 122 Å². The first-order valence-electron chi connectivity index (χ1n) is 17.4. The first kappa shape index (κ1) is 39.0. The molecule has 2 fully saturated rings. The SMILES string of the molecule is Cc1ccc(N)cc1-c1cc(C2CCOCC2)c(Cl)nn1.Cc1ccc(NC(=O)c2cc(C(F)(F)F)ccn2)cc1-c1cc(C2CCOCC2)c(Cl)nn1. The summed E-state index contributed by atoms with van der Waals surface area (Å²) < 4.78 is 49.7. The fourth-order valence-corrected chi connectivity index (χ4v) is 6.95. The maximum absolute atomic E-state index is 12.9. The summed E-state index contributed by atoms with van der Waals surface area (Å²) in [5.74, 6) is -0.140. The van der Waals surface area contributed by atoms with E-state index in [1.54, 1.807) is 18.2 Å². The Labute approximate surface area is 320 Å². The summed E-state index contributed by atoms with van der Waals surface area (Å²) in [6, 6.07) is 16.4. The van der Waals surface area contributed by atoms with Crippen molar-refractivity contribution >= 4 is 40.5 Å². The molecule has 5 heterocycles. The van der Waals surface area contributed by atoms with Crippen LogP contribution in [-0.4, -0.2) is 57.7 Å². The van der Waals surface area contributed by atoms with Gasteiger partial charge in [-0.2, -0.15) is 13.2 Å². The zero-order valence-corrected chi connectivity index (χ0v) is 31.1. The third kappa shape index (κ3) is 9.51. The molecule has 2 aliphatic heterocycles. The number of aromatic nitrogens is 5. The molecular weight excluding hydrogens is 742 g/mol. The van der Waals surface area contributed by atoms with Crippen LogP contribution in [-0.2, 0) is 15.7 Å². The van der Waals surface area contributed by atoms with Crippen LogP contribution < -0.4 is 11.1 Å². The monoisotopic (exact) mass is 779 g/mol. The van der Waals surface area contributed by atoms with E-state index in [1.165, 1.54) is 0 Å². The molecule has 15 heteroatoms. The molecule has 0 radical (unpaired) electrons. The number of halogens is 5. The van der Waals surface area contributed by atoms with Crippen molar-refractivity contribution in [3.63, 3.8) is 0 Å². The van der Waals surface area contributed by atoms with Crippen LogP contribution in [0.1, 0.15) is 75.8 Å². The molecule has 282 valence electrons. The van der Waals surface area contributed by atoms with Gasteiger partial charge in [-0.3, -0.25) is 9.78 Å². The van der Waals surface area contributed by atoms with E-state index >= 15 is 0 Å². The number of hydrogen-bond donors (Lipinski definition) is 2.